The molecule has 0 radical (unpaired) electrons. The van der Waals surface area contributed by atoms with Crippen molar-refractivity contribution in [2.24, 2.45) is 5.73 Å². The number of carbonyl (C=O) groups is 1. The molecule has 0 fully saturated rings. The molecule has 0 aliphatic heterocycles. The van der Waals surface area contributed by atoms with Crippen LogP contribution in [-0.4, -0.2) is 19.0 Å². The number of hydrogen-bond donors (Lipinski definition) is 1. The van der Waals surface area contributed by atoms with Crippen LogP contribution in [0.3, 0.4) is 0 Å². The molecule has 1 amide bonds. The van der Waals surface area contributed by atoms with Crippen molar-refractivity contribution >= 4 is 11.6 Å². The lowest BCUT2D eigenvalue weighted by molar-refractivity contribution is -0.119. The topological polar surface area (TPSA) is 46.3 Å². The first-order valence-corrected chi connectivity index (χ1v) is 7.22. The van der Waals surface area contributed by atoms with Crippen LogP contribution in [0.5, 0.6) is 0 Å². The summed E-state index contributed by atoms with van der Waals surface area (Å²) in [4.78, 5) is 13.7. The first-order valence-electron chi connectivity index (χ1n) is 7.22. The van der Waals surface area contributed by atoms with Gasteiger partial charge in [-0.15, -0.1) is 0 Å². The summed E-state index contributed by atoms with van der Waals surface area (Å²) in [5, 5.41) is 0. The molecule has 3 nitrogen and oxygen atoms in total. The Morgan fingerprint density at radius 3 is 2.37 bits per heavy atom. The van der Waals surface area contributed by atoms with Gasteiger partial charge in [-0.1, -0.05) is 38.8 Å². The number of nitrogens with two attached hydrogens (primary N) is 1. The second-order valence-electron chi connectivity index (χ2n) is 5.06. The van der Waals surface area contributed by atoms with E-state index in [1.807, 2.05) is 19.1 Å². The van der Waals surface area contributed by atoms with Gasteiger partial charge in [-0.05, 0) is 37.0 Å². The molecule has 0 saturated heterocycles. The number of aryl methyl sites for hydroxylation is 1. The average molecular weight is 262 g/mol. The van der Waals surface area contributed by atoms with Crippen LogP contribution in [0.25, 0.3) is 0 Å². The fourth-order valence-corrected chi connectivity index (χ4v) is 2.08. The third-order valence-electron chi connectivity index (χ3n) is 3.39. The molecule has 1 unspecified atom stereocenters. The molecular weight excluding hydrogens is 236 g/mol. The molecule has 0 heterocycles. The molecule has 2 N–H and O–H groups in total. The van der Waals surface area contributed by atoms with Crippen molar-refractivity contribution in [3.05, 3.63) is 29.8 Å². The Balaban J connectivity index is 2.66. The summed E-state index contributed by atoms with van der Waals surface area (Å²) in [5.74, 6) is -0.0110. The number of amides is 1. The highest BCUT2D eigenvalue weighted by Crippen LogP contribution is 2.16. The number of hydrogen-bond acceptors (Lipinski definition) is 2. The summed E-state index contributed by atoms with van der Waals surface area (Å²) in [6.45, 7) is 4.23. The molecule has 1 rings (SSSR count). The number of rotatable bonds is 7. The molecule has 3 heteroatoms. The average Bonchev–Trinajstić information content (AvgIpc) is 2.44. The molecule has 0 saturated carbocycles. The van der Waals surface area contributed by atoms with E-state index >= 15 is 0 Å². The smallest absolute Gasteiger partial charge is 0.243 e. The minimum atomic E-state index is -0.394. The normalized spacial score (nSPS) is 12.2. The molecule has 19 heavy (non-hydrogen) atoms. The first-order chi connectivity index (χ1) is 9.10. The van der Waals surface area contributed by atoms with Gasteiger partial charge in [-0.25, -0.2) is 0 Å². The van der Waals surface area contributed by atoms with Gasteiger partial charge in [0.1, 0.15) is 0 Å². The van der Waals surface area contributed by atoms with Gasteiger partial charge in [-0.2, -0.15) is 0 Å². The van der Waals surface area contributed by atoms with Gasteiger partial charge in [0.25, 0.3) is 0 Å². The first kappa shape index (κ1) is 15.7. The Morgan fingerprint density at radius 1 is 1.21 bits per heavy atom. The molecule has 0 aromatic heterocycles. The molecule has 0 aliphatic carbocycles. The number of unbranched alkanes of at least 4 members (excludes halogenated alkanes) is 1. The van der Waals surface area contributed by atoms with E-state index in [1.54, 1.807) is 11.9 Å². The highest BCUT2D eigenvalue weighted by Gasteiger charge is 2.18. The van der Waals surface area contributed by atoms with Crippen molar-refractivity contribution in [2.75, 3.05) is 11.9 Å². The molecule has 1 aromatic rings. The molecule has 1 atom stereocenters. The van der Waals surface area contributed by atoms with Crippen molar-refractivity contribution in [3.63, 3.8) is 0 Å². The summed E-state index contributed by atoms with van der Waals surface area (Å²) >= 11 is 0. The second kappa shape index (κ2) is 7.95. The monoisotopic (exact) mass is 262 g/mol. The van der Waals surface area contributed by atoms with Gasteiger partial charge in [0.15, 0.2) is 0 Å². The van der Waals surface area contributed by atoms with E-state index in [-0.39, 0.29) is 5.91 Å². The van der Waals surface area contributed by atoms with Crippen LogP contribution in [0.2, 0.25) is 0 Å². The van der Waals surface area contributed by atoms with Crippen molar-refractivity contribution in [1.82, 2.24) is 0 Å². The predicted octanol–water partition coefficient (Wildman–Crippen LogP) is 3.12. The van der Waals surface area contributed by atoms with Gasteiger partial charge in [0.05, 0.1) is 6.04 Å². The zero-order valence-electron chi connectivity index (χ0n) is 12.4. The van der Waals surface area contributed by atoms with Crippen LogP contribution in [0.1, 0.15) is 45.1 Å². The summed E-state index contributed by atoms with van der Waals surface area (Å²) < 4.78 is 0. The largest absolute Gasteiger partial charge is 0.320 e. The highest BCUT2D eigenvalue weighted by molar-refractivity contribution is 5.96. The zero-order valence-corrected chi connectivity index (χ0v) is 12.4. The Bertz CT molecular complexity index is 386. The van der Waals surface area contributed by atoms with E-state index in [0.29, 0.717) is 0 Å². The Labute approximate surface area is 116 Å². The molecule has 0 spiro atoms. The maximum absolute atomic E-state index is 12.1. The number of carbonyl (C=O) groups excluding carboxylic acids is 1. The van der Waals surface area contributed by atoms with Gasteiger partial charge < -0.3 is 10.6 Å². The Hall–Kier alpha value is -1.35. The predicted molar refractivity (Wildman–Crippen MR) is 81.3 cm³/mol. The summed E-state index contributed by atoms with van der Waals surface area (Å²) in [6, 6.07) is 7.80. The van der Waals surface area contributed by atoms with Crippen LogP contribution in [0.15, 0.2) is 24.3 Å². The van der Waals surface area contributed by atoms with E-state index in [1.165, 1.54) is 18.4 Å². The van der Waals surface area contributed by atoms with E-state index in [9.17, 15) is 4.79 Å². The van der Waals surface area contributed by atoms with Crippen LogP contribution in [0.4, 0.5) is 5.69 Å². The number of nitrogens with zero attached hydrogens (tertiary/aromatic N) is 1. The Kier molecular flexibility index (Phi) is 6.57. The van der Waals surface area contributed by atoms with Crippen LogP contribution in [0, 0.1) is 0 Å². The lowest BCUT2D eigenvalue weighted by Crippen LogP contribution is -2.41. The molecule has 0 aliphatic rings. The van der Waals surface area contributed by atoms with Crippen molar-refractivity contribution in [2.45, 2.75) is 52.0 Å². The minimum Gasteiger partial charge on any atom is -0.320 e. The van der Waals surface area contributed by atoms with Gasteiger partial charge in [-0.3, -0.25) is 4.79 Å². The molecular formula is C16H26N2O. The Morgan fingerprint density at radius 2 is 1.84 bits per heavy atom. The number of benzene rings is 1. The fourth-order valence-electron chi connectivity index (χ4n) is 2.08. The van der Waals surface area contributed by atoms with E-state index in [0.717, 1.165) is 24.9 Å². The quantitative estimate of drug-likeness (QED) is 0.820. The maximum Gasteiger partial charge on any atom is 0.243 e. The highest BCUT2D eigenvalue weighted by atomic mass is 16.2. The lowest BCUT2D eigenvalue weighted by Gasteiger charge is -2.21. The van der Waals surface area contributed by atoms with Crippen molar-refractivity contribution in [1.29, 1.82) is 0 Å². The fraction of sp³-hybridized carbons (Fsp3) is 0.562. The van der Waals surface area contributed by atoms with Crippen molar-refractivity contribution in [3.8, 4) is 0 Å². The zero-order chi connectivity index (χ0) is 14.3. The lowest BCUT2D eigenvalue weighted by atomic mass is 10.1. The minimum absolute atomic E-state index is 0.0110. The third kappa shape index (κ3) is 4.67. The summed E-state index contributed by atoms with van der Waals surface area (Å²) in [7, 11) is 1.79. The third-order valence-corrected chi connectivity index (χ3v) is 3.39. The number of anilines is 1. The molecule has 106 valence electrons. The van der Waals surface area contributed by atoms with Gasteiger partial charge in [0, 0.05) is 12.7 Å². The van der Waals surface area contributed by atoms with Gasteiger partial charge >= 0.3 is 0 Å². The molecule has 1 aromatic carbocycles. The maximum atomic E-state index is 12.1. The van der Waals surface area contributed by atoms with Gasteiger partial charge in [0.2, 0.25) is 5.91 Å². The van der Waals surface area contributed by atoms with E-state index < -0.39 is 6.04 Å². The SMILES string of the molecule is CCCCc1ccc(N(C)C(=O)C(N)CCC)cc1. The van der Waals surface area contributed by atoms with E-state index in [4.69, 9.17) is 5.73 Å². The van der Waals surface area contributed by atoms with Crippen LogP contribution >= 0.6 is 0 Å². The van der Waals surface area contributed by atoms with Crippen LogP contribution in [-0.2, 0) is 11.2 Å². The summed E-state index contributed by atoms with van der Waals surface area (Å²) in [5.41, 5.74) is 8.11. The van der Waals surface area contributed by atoms with E-state index in [2.05, 4.69) is 19.1 Å². The second-order valence-corrected chi connectivity index (χ2v) is 5.06. The summed E-state index contributed by atoms with van der Waals surface area (Å²) in [6.07, 6.45) is 5.17. The molecule has 0 bridgehead atoms. The standard InChI is InChI=1S/C16H26N2O/c1-4-6-8-13-9-11-14(12-10-13)18(3)16(19)15(17)7-5-2/h9-12,15H,4-8,17H2,1-3H3. The van der Waals surface area contributed by atoms with Crippen LogP contribution < -0.4 is 10.6 Å². The van der Waals surface area contributed by atoms with Crippen molar-refractivity contribution < 1.29 is 4.79 Å². The number of likely N-dealkylation sites (N-methyl/N-ethyl adjacent to an activating group) is 1.